The van der Waals surface area contributed by atoms with Crippen LogP contribution < -0.4 is 5.32 Å². The molecular weight excluding hydrogens is 318 g/mol. The molecule has 0 saturated carbocycles. The van der Waals surface area contributed by atoms with Crippen molar-refractivity contribution in [2.75, 3.05) is 7.11 Å². The molecule has 0 spiro atoms. The minimum absolute atomic E-state index is 0.0626. The van der Waals surface area contributed by atoms with Gasteiger partial charge in [0.1, 0.15) is 11.7 Å². The van der Waals surface area contributed by atoms with Crippen LogP contribution in [0.5, 0.6) is 0 Å². The molecule has 25 heavy (non-hydrogen) atoms. The number of unbranched alkanes of at least 4 members (excludes halogenated alkanes) is 2. The van der Waals surface area contributed by atoms with Crippen LogP contribution in [0.3, 0.4) is 0 Å². The van der Waals surface area contributed by atoms with Crippen molar-refractivity contribution >= 4 is 22.9 Å². The second-order valence-electron chi connectivity index (χ2n) is 6.54. The first kappa shape index (κ1) is 19.0. The lowest BCUT2D eigenvalue weighted by molar-refractivity contribution is -0.144. The van der Waals surface area contributed by atoms with Crippen LogP contribution in [0.4, 0.5) is 0 Å². The van der Waals surface area contributed by atoms with Crippen molar-refractivity contribution in [3.05, 3.63) is 30.1 Å². The molecule has 2 aromatic heterocycles. The molecule has 0 saturated heterocycles. The van der Waals surface area contributed by atoms with E-state index in [0.717, 1.165) is 36.8 Å². The summed E-state index contributed by atoms with van der Waals surface area (Å²) in [6.07, 6.45) is 6.86. The number of methoxy groups -OCH3 is 1. The van der Waals surface area contributed by atoms with Crippen LogP contribution in [-0.4, -0.2) is 34.6 Å². The second kappa shape index (κ2) is 8.65. The number of fused-ring (bicyclic) bond motifs is 1. The Morgan fingerprint density at radius 1 is 1.32 bits per heavy atom. The normalized spacial score (nSPS) is 12.4. The number of nitrogens with one attached hydrogen (secondary N) is 1. The zero-order valence-corrected chi connectivity index (χ0v) is 15.4. The minimum Gasteiger partial charge on any atom is -0.467 e. The lowest BCUT2D eigenvalue weighted by atomic mass is 10.0. The Hall–Kier alpha value is -2.37. The van der Waals surface area contributed by atoms with E-state index in [4.69, 9.17) is 4.74 Å². The Morgan fingerprint density at radius 2 is 2.08 bits per heavy atom. The van der Waals surface area contributed by atoms with E-state index in [9.17, 15) is 9.59 Å². The highest BCUT2D eigenvalue weighted by molar-refractivity contribution is 6.07. The molecule has 0 aliphatic heterocycles. The molecule has 0 unspecified atom stereocenters. The van der Waals surface area contributed by atoms with Crippen molar-refractivity contribution in [2.24, 2.45) is 5.92 Å². The van der Waals surface area contributed by atoms with Gasteiger partial charge in [-0.15, -0.1) is 0 Å². The third kappa shape index (κ3) is 4.38. The fourth-order valence-electron chi connectivity index (χ4n) is 2.85. The number of hydrogen-bond donors (Lipinski definition) is 1. The molecule has 2 aromatic rings. The van der Waals surface area contributed by atoms with Crippen molar-refractivity contribution in [1.29, 1.82) is 0 Å². The predicted octanol–water partition coefficient (Wildman–Crippen LogP) is 3.15. The minimum atomic E-state index is -0.673. The first-order valence-electron chi connectivity index (χ1n) is 8.82. The number of carbonyl (C=O) groups excluding carboxylic acids is 2. The maximum absolute atomic E-state index is 12.8. The highest BCUT2D eigenvalue weighted by atomic mass is 16.5. The Kier molecular flexibility index (Phi) is 6.56. The van der Waals surface area contributed by atoms with Gasteiger partial charge in [-0.3, -0.25) is 4.79 Å². The van der Waals surface area contributed by atoms with Crippen LogP contribution in [0.1, 0.15) is 50.4 Å². The molecular formula is C19H27N3O3. The topological polar surface area (TPSA) is 73.2 Å². The number of nitrogens with zero attached hydrogens (tertiary/aromatic N) is 2. The van der Waals surface area contributed by atoms with E-state index in [1.54, 1.807) is 6.20 Å². The van der Waals surface area contributed by atoms with Crippen LogP contribution in [0.15, 0.2) is 24.5 Å². The standard InChI is InChI=1S/C19H27N3O3/c1-5-6-7-11-22-12-15(14-9-8-10-20-17(14)22)18(23)21-16(13(2)3)19(24)25-4/h8-10,12-13,16H,5-7,11H2,1-4H3,(H,21,23)/t16-/m0/s1. The van der Waals surface area contributed by atoms with Gasteiger partial charge in [0.15, 0.2) is 0 Å². The van der Waals surface area contributed by atoms with Gasteiger partial charge in [0.25, 0.3) is 5.91 Å². The van der Waals surface area contributed by atoms with Gasteiger partial charge in [-0.1, -0.05) is 33.6 Å². The fraction of sp³-hybridized carbons (Fsp3) is 0.526. The van der Waals surface area contributed by atoms with Gasteiger partial charge < -0.3 is 14.6 Å². The number of hydrogen-bond acceptors (Lipinski definition) is 4. The van der Waals surface area contributed by atoms with E-state index in [2.05, 4.69) is 17.2 Å². The van der Waals surface area contributed by atoms with Gasteiger partial charge in [0, 0.05) is 24.3 Å². The summed E-state index contributed by atoms with van der Waals surface area (Å²) in [4.78, 5) is 29.1. The largest absolute Gasteiger partial charge is 0.467 e. The van der Waals surface area contributed by atoms with Gasteiger partial charge in [0.2, 0.25) is 0 Å². The lowest BCUT2D eigenvalue weighted by Gasteiger charge is -2.19. The van der Waals surface area contributed by atoms with E-state index < -0.39 is 12.0 Å². The maximum Gasteiger partial charge on any atom is 0.328 e. The first-order chi connectivity index (χ1) is 12.0. The van der Waals surface area contributed by atoms with Crippen LogP contribution in [0.25, 0.3) is 11.0 Å². The van der Waals surface area contributed by atoms with E-state index in [1.807, 2.05) is 36.7 Å². The molecule has 6 heteroatoms. The smallest absolute Gasteiger partial charge is 0.328 e. The summed E-state index contributed by atoms with van der Waals surface area (Å²) in [5, 5.41) is 3.60. The number of amides is 1. The second-order valence-corrected chi connectivity index (χ2v) is 6.54. The van der Waals surface area contributed by atoms with Gasteiger partial charge in [-0.05, 0) is 24.5 Å². The van der Waals surface area contributed by atoms with Crippen molar-refractivity contribution in [3.8, 4) is 0 Å². The van der Waals surface area contributed by atoms with Crippen LogP contribution >= 0.6 is 0 Å². The number of rotatable bonds is 8. The van der Waals surface area contributed by atoms with Crippen molar-refractivity contribution in [1.82, 2.24) is 14.9 Å². The number of esters is 1. The molecule has 1 atom stereocenters. The molecule has 0 aromatic carbocycles. The van der Waals surface area contributed by atoms with Gasteiger partial charge >= 0.3 is 5.97 Å². The van der Waals surface area contributed by atoms with E-state index in [-0.39, 0.29) is 11.8 Å². The Morgan fingerprint density at radius 3 is 2.72 bits per heavy atom. The molecule has 2 rings (SSSR count). The Bertz CT molecular complexity index is 737. The monoisotopic (exact) mass is 345 g/mol. The fourth-order valence-corrected chi connectivity index (χ4v) is 2.85. The summed E-state index contributed by atoms with van der Waals surface area (Å²) in [6, 6.07) is 3.03. The van der Waals surface area contributed by atoms with E-state index in [1.165, 1.54) is 7.11 Å². The van der Waals surface area contributed by atoms with Crippen LogP contribution in [-0.2, 0) is 16.1 Å². The first-order valence-corrected chi connectivity index (χ1v) is 8.82. The molecule has 0 bridgehead atoms. The summed E-state index contributed by atoms with van der Waals surface area (Å²) in [7, 11) is 1.33. The van der Waals surface area contributed by atoms with Crippen LogP contribution in [0, 0.1) is 5.92 Å². The molecule has 1 amide bonds. The summed E-state index contributed by atoms with van der Waals surface area (Å²) < 4.78 is 6.81. The molecule has 136 valence electrons. The number of ether oxygens (including phenoxy) is 1. The molecule has 0 radical (unpaired) electrons. The number of aromatic nitrogens is 2. The number of aryl methyl sites for hydroxylation is 1. The summed E-state index contributed by atoms with van der Waals surface area (Å²) >= 11 is 0. The third-order valence-electron chi connectivity index (χ3n) is 4.29. The average Bonchev–Trinajstić information content (AvgIpc) is 2.98. The van der Waals surface area contributed by atoms with Crippen molar-refractivity contribution < 1.29 is 14.3 Å². The van der Waals surface area contributed by atoms with Crippen LogP contribution in [0.2, 0.25) is 0 Å². The molecule has 1 N–H and O–H groups in total. The van der Waals surface area contributed by atoms with Gasteiger partial charge in [-0.2, -0.15) is 0 Å². The summed E-state index contributed by atoms with van der Waals surface area (Å²) in [5.41, 5.74) is 1.33. The predicted molar refractivity (Wildman–Crippen MR) is 97.4 cm³/mol. The average molecular weight is 345 g/mol. The van der Waals surface area contributed by atoms with Crippen molar-refractivity contribution in [2.45, 2.75) is 52.6 Å². The zero-order valence-electron chi connectivity index (χ0n) is 15.4. The van der Waals surface area contributed by atoms with Crippen molar-refractivity contribution in [3.63, 3.8) is 0 Å². The zero-order chi connectivity index (χ0) is 18.4. The molecule has 0 fully saturated rings. The summed E-state index contributed by atoms with van der Waals surface area (Å²) in [6.45, 7) is 6.72. The SMILES string of the molecule is CCCCCn1cc(C(=O)N[C@H](C(=O)OC)C(C)C)c2cccnc21. The number of carbonyl (C=O) groups is 2. The molecule has 6 nitrogen and oxygen atoms in total. The third-order valence-corrected chi connectivity index (χ3v) is 4.29. The van der Waals surface area contributed by atoms with E-state index in [0.29, 0.717) is 5.56 Å². The molecule has 0 aliphatic carbocycles. The Balaban J connectivity index is 2.29. The van der Waals surface area contributed by atoms with Gasteiger partial charge in [0.05, 0.1) is 12.7 Å². The lowest BCUT2D eigenvalue weighted by Crippen LogP contribution is -2.45. The quantitative estimate of drug-likeness (QED) is 0.589. The van der Waals surface area contributed by atoms with Gasteiger partial charge in [-0.25, -0.2) is 9.78 Å². The van der Waals surface area contributed by atoms with E-state index >= 15 is 0 Å². The number of pyridine rings is 1. The summed E-state index contributed by atoms with van der Waals surface area (Å²) in [5.74, 6) is -0.781. The molecule has 0 aliphatic rings. The highest BCUT2D eigenvalue weighted by Crippen LogP contribution is 2.20. The Labute approximate surface area is 148 Å². The maximum atomic E-state index is 12.8. The highest BCUT2D eigenvalue weighted by Gasteiger charge is 2.26. The molecule has 2 heterocycles.